The van der Waals surface area contributed by atoms with E-state index in [2.05, 4.69) is 50.4 Å². The van der Waals surface area contributed by atoms with Crippen molar-refractivity contribution < 1.29 is 9.47 Å². The number of piperazine rings is 1. The number of benzene rings is 2. The highest BCUT2D eigenvalue weighted by molar-refractivity contribution is 5.80. The van der Waals surface area contributed by atoms with E-state index in [0.717, 1.165) is 68.7 Å². The lowest BCUT2D eigenvalue weighted by Crippen LogP contribution is -2.52. The molecule has 1 aliphatic heterocycles. The molecule has 2 aromatic rings. The van der Waals surface area contributed by atoms with Crippen LogP contribution in [0.4, 0.5) is 0 Å². The first-order valence-electron chi connectivity index (χ1n) is 10.7. The molecule has 1 unspecified atom stereocenters. The first kappa shape index (κ1) is 20.5. The van der Waals surface area contributed by atoms with Crippen molar-refractivity contribution >= 4 is 5.96 Å². The third kappa shape index (κ3) is 4.38. The zero-order valence-corrected chi connectivity index (χ0v) is 18.2. The third-order valence-corrected chi connectivity index (χ3v) is 6.23. The van der Waals surface area contributed by atoms with Gasteiger partial charge in [-0.15, -0.1) is 0 Å². The summed E-state index contributed by atoms with van der Waals surface area (Å²) in [6, 6.07) is 14.7. The van der Waals surface area contributed by atoms with Crippen molar-refractivity contribution in [2.45, 2.75) is 18.9 Å². The van der Waals surface area contributed by atoms with Crippen LogP contribution in [0.3, 0.4) is 0 Å². The number of guanidine groups is 1. The van der Waals surface area contributed by atoms with Crippen molar-refractivity contribution in [3.63, 3.8) is 0 Å². The van der Waals surface area contributed by atoms with Crippen molar-refractivity contribution in [1.29, 1.82) is 0 Å². The van der Waals surface area contributed by atoms with Crippen LogP contribution >= 0.6 is 0 Å². The molecule has 0 radical (unpaired) electrons. The lowest BCUT2D eigenvalue weighted by atomic mass is 9.78. The highest BCUT2D eigenvalue weighted by Gasteiger charge is 2.26. The summed E-state index contributed by atoms with van der Waals surface area (Å²) in [6.07, 6.45) is 1.16. The SMILES string of the molecule is CN=C(NCC1Cc2ccccc21)N1CCN(Cc2cc(OC)ccc2OC)CC1. The maximum absolute atomic E-state index is 5.54. The van der Waals surface area contributed by atoms with E-state index in [9.17, 15) is 0 Å². The summed E-state index contributed by atoms with van der Waals surface area (Å²) in [5, 5.41) is 3.60. The van der Waals surface area contributed by atoms with Crippen molar-refractivity contribution in [3.8, 4) is 11.5 Å². The van der Waals surface area contributed by atoms with Crippen LogP contribution in [-0.4, -0.2) is 69.8 Å². The van der Waals surface area contributed by atoms with Crippen LogP contribution in [0.2, 0.25) is 0 Å². The van der Waals surface area contributed by atoms with Gasteiger partial charge in [-0.05, 0) is 35.7 Å². The second-order valence-corrected chi connectivity index (χ2v) is 7.97. The number of nitrogens with zero attached hydrogens (tertiary/aromatic N) is 3. The van der Waals surface area contributed by atoms with Crippen molar-refractivity contribution in [2.75, 3.05) is 54.0 Å². The smallest absolute Gasteiger partial charge is 0.193 e. The fourth-order valence-corrected chi connectivity index (χ4v) is 4.46. The summed E-state index contributed by atoms with van der Waals surface area (Å²) in [5.41, 5.74) is 4.13. The van der Waals surface area contributed by atoms with Gasteiger partial charge >= 0.3 is 0 Å². The number of fused-ring (bicyclic) bond motifs is 1. The van der Waals surface area contributed by atoms with E-state index in [4.69, 9.17) is 9.47 Å². The summed E-state index contributed by atoms with van der Waals surface area (Å²) in [5.74, 6) is 3.39. The summed E-state index contributed by atoms with van der Waals surface area (Å²) in [7, 11) is 5.30. The predicted octanol–water partition coefficient (Wildman–Crippen LogP) is 2.74. The summed E-state index contributed by atoms with van der Waals surface area (Å²) >= 11 is 0. The number of nitrogens with one attached hydrogen (secondary N) is 1. The summed E-state index contributed by atoms with van der Waals surface area (Å²) in [6.45, 7) is 5.73. The van der Waals surface area contributed by atoms with Crippen molar-refractivity contribution in [3.05, 3.63) is 59.2 Å². The first-order chi connectivity index (χ1) is 14.7. The first-order valence-corrected chi connectivity index (χ1v) is 10.7. The molecule has 1 saturated heterocycles. The number of hydrogen-bond donors (Lipinski definition) is 1. The van der Waals surface area contributed by atoms with Crippen LogP contribution in [0.1, 0.15) is 22.6 Å². The molecule has 0 bridgehead atoms. The quantitative estimate of drug-likeness (QED) is 0.588. The molecule has 1 fully saturated rings. The molecule has 160 valence electrons. The summed E-state index contributed by atoms with van der Waals surface area (Å²) < 4.78 is 10.9. The van der Waals surface area contributed by atoms with Crippen LogP contribution in [0.25, 0.3) is 0 Å². The second-order valence-electron chi connectivity index (χ2n) is 7.97. The van der Waals surface area contributed by atoms with Gasteiger partial charge in [-0.25, -0.2) is 0 Å². The minimum Gasteiger partial charge on any atom is -0.497 e. The van der Waals surface area contributed by atoms with Gasteiger partial charge in [0, 0.05) is 57.8 Å². The Labute approximate surface area is 179 Å². The average Bonchev–Trinajstić information content (AvgIpc) is 2.77. The topological polar surface area (TPSA) is 49.3 Å². The molecule has 30 heavy (non-hydrogen) atoms. The van der Waals surface area contributed by atoms with Gasteiger partial charge < -0.3 is 19.7 Å². The molecule has 4 rings (SSSR count). The van der Waals surface area contributed by atoms with Gasteiger partial charge in [0.05, 0.1) is 14.2 Å². The molecule has 0 spiro atoms. The number of aliphatic imine (C=N–C) groups is 1. The molecule has 0 amide bonds. The Hall–Kier alpha value is -2.73. The molecule has 6 heteroatoms. The molecular formula is C24H32N4O2. The zero-order chi connectivity index (χ0) is 20.9. The zero-order valence-electron chi connectivity index (χ0n) is 18.2. The number of ether oxygens (including phenoxy) is 2. The van der Waals surface area contributed by atoms with Crippen LogP contribution in [-0.2, 0) is 13.0 Å². The van der Waals surface area contributed by atoms with E-state index >= 15 is 0 Å². The van der Waals surface area contributed by atoms with Crippen molar-refractivity contribution in [2.24, 2.45) is 4.99 Å². The lowest BCUT2D eigenvalue weighted by molar-refractivity contribution is 0.171. The summed E-state index contributed by atoms with van der Waals surface area (Å²) in [4.78, 5) is 9.36. The van der Waals surface area contributed by atoms with E-state index in [1.807, 2.05) is 19.2 Å². The fourth-order valence-electron chi connectivity index (χ4n) is 4.46. The monoisotopic (exact) mass is 408 g/mol. The minimum absolute atomic E-state index is 0.597. The van der Waals surface area contributed by atoms with Gasteiger partial charge in [-0.1, -0.05) is 24.3 Å². The van der Waals surface area contributed by atoms with E-state index in [1.54, 1.807) is 14.2 Å². The number of hydrogen-bond acceptors (Lipinski definition) is 4. The van der Waals surface area contributed by atoms with E-state index in [0.29, 0.717) is 5.92 Å². The molecule has 0 aromatic heterocycles. The fraction of sp³-hybridized carbons (Fsp3) is 0.458. The standard InChI is InChI=1S/C24H32N4O2/c1-25-24(26-16-19-14-18-6-4-5-7-22(18)19)28-12-10-27(11-13-28)17-20-15-21(29-2)8-9-23(20)30-3/h4-9,15,19H,10-14,16-17H2,1-3H3,(H,25,26). The van der Waals surface area contributed by atoms with Gasteiger partial charge in [-0.2, -0.15) is 0 Å². The van der Waals surface area contributed by atoms with Crippen molar-refractivity contribution in [1.82, 2.24) is 15.1 Å². The Morgan fingerprint density at radius 3 is 2.57 bits per heavy atom. The van der Waals surface area contributed by atoms with Gasteiger partial charge in [0.15, 0.2) is 5.96 Å². The molecule has 2 aromatic carbocycles. The largest absolute Gasteiger partial charge is 0.497 e. The van der Waals surface area contributed by atoms with Crippen LogP contribution in [0.15, 0.2) is 47.5 Å². The molecule has 1 heterocycles. The molecule has 1 aliphatic carbocycles. The maximum Gasteiger partial charge on any atom is 0.193 e. The highest BCUT2D eigenvalue weighted by Crippen LogP contribution is 2.34. The minimum atomic E-state index is 0.597. The Balaban J connectivity index is 1.28. The average molecular weight is 409 g/mol. The number of methoxy groups -OCH3 is 2. The van der Waals surface area contributed by atoms with Crippen LogP contribution in [0.5, 0.6) is 11.5 Å². The van der Waals surface area contributed by atoms with E-state index < -0.39 is 0 Å². The molecule has 0 saturated carbocycles. The Morgan fingerprint density at radius 2 is 1.87 bits per heavy atom. The Bertz CT molecular complexity index is 891. The van der Waals surface area contributed by atoms with Gasteiger partial charge in [0.25, 0.3) is 0 Å². The molecule has 1 N–H and O–H groups in total. The normalized spacial score (nSPS) is 19.1. The van der Waals surface area contributed by atoms with Crippen LogP contribution in [0, 0.1) is 0 Å². The van der Waals surface area contributed by atoms with E-state index in [1.165, 1.54) is 11.1 Å². The highest BCUT2D eigenvalue weighted by atomic mass is 16.5. The molecular weight excluding hydrogens is 376 g/mol. The van der Waals surface area contributed by atoms with Gasteiger partial charge in [0.1, 0.15) is 11.5 Å². The third-order valence-electron chi connectivity index (χ3n) is 6.23. The second kappa shape index (κ2) is 9.39. The number of rotatable bonds is 6. The molecule has 6 nitrogen and oxygen atoms in total. The van der Waals surface area contributed by atoms with Gasteiger partial charge in [0.2, 0.25) is 0 Å². The maximum atomic E-state index is 5.54. The Morgan fingerprint density at radius 1 is 1.07 bits per heavy atom. The lowest BCUT2D eigenvalue weighted by Gasteiger charge is -2.38. The predicted molar refractivity (Wildman–Crippen MR) is 121 cm³/mol. The molecule has 2 aliphatic rings. The Kier molecular flexibility index (Phi) is 6.43. The van der Waals surface area contributed by atoms with E-state index in [-0.39, 0.29) is 0 Å². The molecule has 1 atom stereocenters. The van der Waals surface area contributed by atoms with Crippen LogP contribution < -0.4 is 14.8 Å². The van der Waals surface area contributed by atoms with Gasteiger partial charge in [-0.3, -0.25) is 9.89 Å².